The molecule has 1 N–H and O–H groups in total. The van der Waals surface area contributed by atoms with E-state index < -0.39 is 0 Å². The average Bonchev–Trinajstić information content (AvgIpc) is 3.00. The number of thiophene rings is 1. The molecular weight excluding hydrogens is 336 g/mol. The second kappa shape index (κ2) is 6.43. The van der Waals surface area contributed by atoms with E-state index in [2.05, 4.69) is 56.8 Å². The maximum Gasteiger partial charge on any atom is 0.118 e. The molecule has 0 aromatic carbocycles. The third kappa shape index (κ3) is 4.19. The molecule has 0 aliphatic heterocycles. The standard InChI is InChI=1S/C15H19BrN2OS/c1-18(9-15-6-11(16)10-20-15)8-14-5-4-13(19-14)7-17-12-2-3-12/h4-6,10,12,17H,2-3,7-9H2,1H3. The molecule has 1 fully saturated rings. The van der Waals surface area contributed by atoms with E-state index >= 15 is 0 Å². The Labute approximate surface area is 132 Å². The molecule has 108 valence electrons. The fourth-order valence-electron chi connectivity index (χ4n) is 2.16. The second-order valence-electron chi connectivity index (χ2n) is 5.43. The van der Waals surface area contributed by atoms with Gasteiger partial charge in [0.2, 0.25) is 0 Å². The highest BCUT2D eigenvalue weighted by atomic mass is 79.9. The third-order valence-electron chi connectivity index (χ3n) is 3.33. The van der Waals surface area contributed by atoms with Gasteiger partial charge in [0, 0.05) is 27.3 Å². The van der Waals surface area contributed by atoms with Crippen LogP contribution in [0.1, 0.15) is 29.2 Å². The number of hydrogen-bond donors (Lipinski definition) is 1. The zero-order chi connectivity index (χ0) is 13.9. The largest absolute Gasteiger partial charge is 0.463 e. The molecule has 1 saturated carbocycles. The van der Waals surface area contributed by atoms with Gasteiger partial charge in [0.1, 0.15) is 11.5 Å². The topological polar surface area (TPSA) is 28.4 Å². The highest BCUT2D eigenvalue weighted by Gasteiger charge is 2.20. The normalized spacial score (nSPS) is 15.2. The smallest absolute Gasteiger partial charge is 0.118 e. The zero-order valence-corrected chi connectivity index (χ0v) is 14.0. The quantitative estimate of drug-likeness (QED) is 0.814. The van der Waals surface area contributed by atoms with E-state index in [1.165, 1.54) is 17.7 Å². The van der Waals surface area contributed by atoms with Gasteiger partial charge in [0.15, 0.2) is 0 Å². The van der Waals surface area contributed by atoms with Crippen molar-refractivity contribution in [2.45, 2.75) is 38.5 Å². The zero-order valence-electron chi connectivity index (χ0n) is 11.6. The first-order chi connectivity index (χ1) is 9.69. The van der Waals surface area contributed by atoms with Gasteiger partial charge in [-0.1, -0.05) is 0 Å². The van der Waals surface area contributed by atoms with Crippen LogP contribution >= 0.6 is 27.3 Å². The van der Waals surface area contributed by atoms with Crippen molar-refractivity contribution in [2.24, 2.45) is 0 Å². The number of rotatable bonds is 7. The lowest BCUT2D eigenvalue weighted by Gasteiger charge is -2.13. The number of halogens is 1. The molecule has 0 spiro atoms. The summed E-state index contributed by atoms with van der Waals surface area (Å²) in [6.07, 6.45) is 2.62. The first-order valence-electron chi connectivity index (χ1n) is 6.91. The molecule has 0 saturated heterocycles. The van der Waals surface area contributed by atoms with Crippen molar-refractivity contribution in [1.29, 1.82) is 0 Å². The molecule has 0 bridgehead atoms. The van der Waals surface area contributed by atoms with E-state index in [1.807, 2.05) is 0 Å². The molecular formula is C15H19BrN2OS. The summed E-state index contributed by atoms with van der Waals surface area (Å²) < 4.78 is 7.03. The minimum Gasteiger partial charge on any atom is -0.463 e. The van der Waals surface area contributed by atoms with Crippen LogP contribution in [-0.4, -0.2) is 18.0 Å². The van der Waals surface area contributed by atoms with Gasteiger partial charge in [-0.25, -0.2) is 0 Å². The summed E-state index contributed by atoms with van der Waals surface area (Å²) >= 11 is 5.28. The molecule has 5 heteroatoms. The van der Waals surface area contributed by atoms with Gasteiger partial charge in [0.25, 0.3) is 0 Å². The van der Waals surface area contributed by atoms with Crippen molar-refractivity contribution in [2.75, 3.05) is 7.05 Å². The lowest BCUT2D eigenvalue weighted by molar-refractivity contribution is 0.284. The number of nitrogens with one attached hydrogen (secondary N) is 1. The Bertz CT molecular complexity index is 562. The molecule has 1 aliphatic carbocycles. The summed E-state index contributed by atoms with van der Waals surface area (Å²) in [6, 6.07) is 7.07. The first kappa shape index (κ1) is 14.3. The van der Waals surface area contributed by atoms with Gasteiger partial charge >= 0.3 is 0 Å². The number of furan rings is 1. The molecule has 20 heavy (non-hydrogen) atoms. The van der Waals surface area contributed by atoms with Crippen molar-refractivity contribution in [3.8, 4) is 0 Å². The lowest BCUT2D eigenvalue weighted by atomic mass is 10.3. The van der Waals surface area contributed by atoms with Crippen LogP contribution in [0.2, 0.25) is 0 Å². The molecule has 0 unspecified atom stereocenters. The minimum absolute atomic E-state index is 0.725. The van der Waals surface area contributed by atoms with Crippen LogP contribution in [-0.2, 0) is 19.6 Å². The van der Waals surface area contributed by atoms with E-state index in [4.69, 9.17) is 4.42 Å². The summed E-state index contributed by atoms with van der Waals surface area (Å²) in [5.74, 6) is 2.08. The highest BCUT2D eigenvalue weighted by molar-refractivity contribution is 9.10. The van der Waals surface area contributed by atoms with Crippen LogP contribution in [0.25, 0.3) is 0 Å². The highest BCUT2D eigenvalue weighted by Crippen LogP contribution is 2.22. The maximum absolute atomic E-state index is 5.87. The number of hydrogen-bond acceptors (Lipinski definition) is 4. The van der Waals surface area contributed by atoms with E-state index in [-0.39, 0.29) is 0 Å². The Morgan fingerprint density at radius 3 is 2.85 bits per heavy atom. The molecule has 2 heterocycles. The Kier molecular flexibility index (Phi) is 4.61. The Hall–Kier alpha value is -0.620. The molecule has 3 nitrogen and oxygen atoms in total. The molecule has 1 aliphatic rings. The predicted molar refractivity (Wildman–Crippen MR) is 85.8 cm³/mol. The molecule has 0 radical (unpaired) electrons. The van der Waals surface area contributed by atoms with Gasteiger partial charge in [-0.15, -0.1) is 11.3 Å². The van der Waals surface area contributed by atoms with Gasteiger partial charge in [-0.05, 0) is 54.0 Å². The molecule has 2 aromatic heterocycles. The number of nitrogens with zero attached hydrogens (tertiary/aromatic N) is 1. The predicted octanol–water partition coefficient (Wildman–Crippen LogP) is 3.99. The lowest BCUT2D eigenvalue weighted by Crippen LogP contribution is -2.16. The Morgan fingerprint density at radius 2 is 2.15 bits per heavy atom. The molecule has 0 atom stereocenters. The molecule has 0 amide bonds. The van der Waals surface area contributed by atoms with Crippen molar-refractivity contribution in [3.63, 3.8) is 0 Å². The van der Waals surface area contributed by atoms with Crippen LogP contribution in [0.5, 0.6) is 0 Å². The van der Waals surface area contributed by atoms with Crippen molar-refractivity contribution >= 4 is 27.3 Å². The Morgan fingerprint density at radius 1 is 1.35 bits per heavy atom. The van der Waals surface area contributed by atoms with Crippen molar-refractivity contribution in [3.05, 3.63) is 44.4 Å². The molecule has 2 aromatic rings. The fourth-order valence-corrected chi connectivity index (χ4v) is 3.69. The van der Waals surface area contributed by atoms with E-state index in [0.29, 0.717) is 0 Å². The van der Waals surface area contributed by atoms with Crippen molar-refractivity contribution in [1.82, 2.24) is 10.2 Å². The third-order valence-corrected chi connectivity index (χ3v) is 5.02. The maximum atomic E-state index is 5.87. The van der Waals surface area contributed by atoms with Gasteiger partial charge in [-0.3, -0.25) is 4.90 Å². The first-order valence-corrected chi connectivity index (χ1v) is 8.59. The molecule has 3 rings (SSSR count). The average molecular weight is 355 g/mol. The second-order valence-corrected chi connectivity index (χ2v) is 7.34. The summed E-state index contributed by atoms with van der Waals surface area (Å²) in [7, 11) is 2.12. The van der Waals surface area contributed by atoms with Gasteiger partial charge in [-0.2, -0.15) is 0 Å². The SMILES string of the molecule is CN(Cc1ccc(CNC2CC2)o1)Cc1cc(Br)cs1. The van der Waals surface area contributed by atoms with Gasteiger partial charge < -0.3 is 9.73 Å². The van der Waals surface area contributed by atoms with E-state index in [0.717, 1.165) is 41.7 Å². The monoisotopic (exact) mass is 354 g/mol. The summed E-state index contributed by atoms with van der Waals surface area (Å²) in [4.78, 5) is 3.64. The summed E-state index contributed by atoms with van der Waals surface area (Å²) in [5, 5.41) is 5.59. The van der Waals surface area contributed by atoms with Crippen molar-refractivity contribution < 1.29 is 4.42 Å². The Balaban J connectivity index is 1.48. The summed E-state index contributed by atoms with van der Waals surface area (Å²) in [5.41, 5.74) is 0. The summed E-state index contributed by atoms with van der Waals surface area (Å²) in [6.45, 7) is 2.65. The van der Waals surface area contributed by atoms with Crippen LogP contribution < -0.4 is 5.32 Å². The van der Waals surface area contributed by atoms with Crippen LogP contribution in [0.3, 0.4) is 0 Å². The van der Waals surface area contributed by atoms with Crippen LogP contribution in [0, 0.1) is 0 Å². The van der Waals surface area contributed by atoms with Crippen LogP contribution in [0.15, 0.2) is 32.5 Å². The van der Waals surface area contributed by atoms with Gasteiger partial charge in [0.05, 0.1) is 13.1 Å². The van der Waals surface area contributed by atoms with E-state index in [1.54, 1.807) is 11.3 Å². The minimum atomic E-state index is 0.725. The van der Waals surface area contributed by atoms with E-state index in [9.17, 15) is 0 Å². The fraction of sp³-hybridized carbons (Fsp3) is 0.467. The van der Waals surface area contributed by atoms with Crippen LogP contribution in [0.4, 0.5) is 0 Å².